The van der Waals surface area contributed by atoms with Crippen LogP contribution in [0.15, 0.2) is 12.8 Å². The highest BCUT2D eigenvalue weighted by molar-refractivity contribution is 5.67. The monoisotopic (exact) mass is 221 g/mol. The molecule has 0 bridgehead atoms. The first-order valence-corrected chi connectivity index (χ1v) is 5.97. The minimum absolute atomic E-state index is 0.656. The van der Waals surface area contributed by atoms with Gasteiger partial charge in [-0.3, -0.25) is 4.98 Å². The van der Waals surface area contributed by atoms with E-state index in [4.69, 9.17) is 4.74 Å². The molecular formula is C14H23NO. The van der Waals surface area contributed by atoms with Gasteiger partial charge in [0.05, 0.1) is 0 Å². The van der Waals surface area contributed by atoms with Crippen LogP contribution in [0.1, 0.15) is 50.1 Å². The summed E-state index contributed by atoms with van der Waals surface area (Å²) in [6, 6.07) is 0. The molecule has 16 heavy (non-hydrogen) atoms. The Balaban J connectivity index is 0.000000509. The Bertz CT molecular complexity index is 356. The predicted octanol–water partition coefficient (Wildman–Crippen LogP) is 4.25. The van der Waals surface area contributed by atoms with E-state index < -0.39 is 0 Å². The molecule has 0 spiro atoms. The fraction of sp³-hybridized carbons (Fsp3) is 0.500. The number of hydrogen-bond donors (Lipinski definition) is 0. The lowest BCUT2D eigenvalue weighted by Crippen LogP contribution is -1.93. The van der Waals surface area contributed by atoms with Crippen LogP contribution in [0.25, 0.3) is 5.76 Å². The van der Waals surface area contributed by atoms with Gasteiger partial charge >= 0.3 is 0 Å². The Labute approximate surface area is 99.4 Å². The van der Waals surface area contributed by atoms with Crippen LogP contribution in [0.2, 0.25) is 0 Å². The number of aromatic nitrogens is 1. The third-order valence-electron chi connectivity index (χ3n) is 2.26. The first kappa shape index (κ1) is 14.7. The highest BCUT2D eigenvalue weighted by atomic mass is 16.5. The third-order valence-corrected chi connectivity index (χ3v) is 2.26. The Morgan fingerprint density at radius 2 is 1.75 bits per heavy atom. The number of hydrogen-bond acceptors (Lipinski definition) is 2. The second-order valence-electron chi connectivity index (χ2n) is 3.09. The van der Waals surface area contributed by atoms with Crippen molar-refractivity contribution in [3.63, 3.8) is 0 Å². The van der Waals surface area contributed by atoms with Crippen molar-refractivity contribution in [1.29, 1.82) is 0 Å². The van der Waals surface area contributed by atoms with Crippen LogP contribution < -0.4 is 0 Å². The van der Waals surface area contributed by atoms with Gasteiger partial charge in [-0.15, -0.1) is 0 Å². The fourth-order valence-electron chi connectivity index (χ4n) is 1.54. The summed E-state index contributed by atoms with van der Waals surface area (Å²) < 4.78 is 5.35. The van der Waals surface area contributed by atoms with E-state index in [1.165, 1.54) is 11.1 Å². The van der Waals surface area contributed by atoms with Gasteiger partial charge < -0.3 is 4.74 Å². The number of pyridine rings is 1. The molecule has 1 aromatic rings. The molecule has 1 aromatic heterocycles. The number of aryl methyl sites for hydroxylation is 2. The molecule has 1 aliphatic rings. The molecular weight excluding hydrogens is 198 g/mol. The van der Waals surface area contributed by atoms with Crippen molar-refractivity contribution in [1.82, 2.24) is 4.98 Å². The van der Waals surface area contributed by atoms with Crippen molar-refractivity contribution < 1.29 is 4.74 Å². The van der Waals surface area contributed by atoms with E-state index in [9.17, 15) is 0 Å². The van der Waals surface area contributed by atoms with Gasteiger partial charge in [0.15, 0.2) is 0 Å². The number of rotatable bonds is 0. The smallest absolute Gasteiger partial charge is 0.122 e. The first-order chi connectivity index (χ1) is 7.70. The van der Waals surface area contributed by atoms with E-state index in [2.05, 4.69) is 11.6 Å². The molecule has 2 heterocycles. The molecule has 1 aliphatic heterocycles. The second kappa shape index (κ2) is 7.04. The molecule has 2 rings (SSSR count). The van der Waals surface area contributed by atoms with Crippen molar-refractivity contribution >= 4 is 5.76 Å². The molecule has 2 heteroatoms. The van der Waals surface area contributed by atoms with E-state index >= 15 is 0 Å². The van der Waals surface area contributed by atoms with Crippen LogP contribution in [0.3, 0.4) is 0 Å². The summed E-state index contributed by atoms with van der Waals surface area (Å²) >= 11 is 0. The van der Waals surface area contributed by atoms with Gasteiger partial charge in [0.25, 0.3) is 0 Å². The third kappa shape index (κ3) is 2.84. The highest BCUT2D eigenvalue weighted by Crippen LogP contribution is 2.31. The molecule has 0 radical (unpaired) electrons. The van der Waals surface area contributed by atoms with Crippen LogP contribution in [-0.2, 0) is 11.3 Å². The van der Waals surface area contributed by atoms with Crippen LogP contribution >= 0.6 is 0 Å². The maximum Gasteiger partial charge on any atom is 0.122 e. The molecule has 0 aliphatic carbocycles. The molecule has 0 atom stereocenters. The zero-order valence-corrected chi connectivity index (χ0v) is 11.3. The van der Waals surface area contributed by atoms with Gasteiger partial charge in [0, 0.05) is 23.0 Å². The van der Waals surface area contributed by atoms with E-state index in [-0.39, 0.29) is 0 Å². The van der Waals surface area contributed by atoms with Crippen LogP contribution in [0.5, 0.6) is 0 Å². The van der Waals surface area contributed by atoms with Gasteiger partial charge in [-0.2, -0.15) is 0 Å². The molecule has 0 saturated heterocycles. The molecule has 0 N–H and O–H groups in total. The standard InChI is InChI=1S/C10H11NO.2C2H6/c1-6-4-11-7(2)10-8(3)12-5-9(6)10;2*1-2/h4H,3,5H2,1-2H3;2*1-2H3. The molecule has 90 valence electrons. The minimum atomic E-state index is 0.656. The summed E-state index contributed by atoms with van der Waals surface area (Å²) in [6.45, 7) is 16.5. The van der Waals surface area contributed by atoms with Crippen molar-refractivity contribution in [3.05, 3.63) is 35.2 Å². The maximum absolute atomic E-state index is 5.35. The van der Waals surface area contributed by atoms with Gasteiger partial charge in [0.1, 0.15) is 12.4 Å². The molecule has 0 amide bonds. The topological polar surface area (TPSA) is 22.1 Å². The van der Waals surface area contributed by atoms with Crippen molar-refractivity contribution in [3.8, 4) is 0 Å². The lowest BCUT2D eigenvalue weighted by molar-refractivity contribution is 0.286. The molecule has 0 unspecified atom stereocenters. The van der Waals surface area contributed by atoms with E-state index in [1.807, 2.05) is 47.7 Å². The lowest BCUT2D eigenvalue weighted by atomic mass is 10.0. The van der Waals surface area contributed by atoms with Gasteiger partial charge in [0.2, 0.25) is 0 Å². The highest BCUT2D eigenvalue weighted by Gasteiger charge is 2.20. The largest absolute Gasteiger partial charge is 0.489 e. The quantitative estimate of drug-likeness (QED) is 0.653. The Morgan fingerprint density at radius 1 is 1.19 bits per heavy atom. The Morgan fingerprint density at radius 3 is 2.25 bits per heavy atom. The van der Waals surface area contributed by atoms with Gasteiger partial charge in [-0.05, 0) is 19.4 Å². The van der Waals surface area contributed by atoms with Crippen molar-refractivity contribution in [2.45, 2.75) is 48.1 Å². The second-order valence-corrected chi connectivity index (χ2v) is 3.09. The Kier molecular flexibility index (Phi) is 6.47. The normalized spacial score (nSPS) is 11.5. The lowest BCUT2D eigenvalue weighted by Gasteiger charge is -2.02. The van der Waals surface area contributed by atoms with Crippen molar-refractivity contribution in [2.24, 2.45) is 0 Å². The summed E-state index contributed by atoms with van der Waals surface area (Å²) in [5.74, 6) is 0.763. The number of ether oxygens (including phenoxy) is 1. The van der Waals surface area contributed by atoms with Crippen LogP contribution in [0.4, 0.5) is 0 Å². The maximum atomic E-state index is 5.35. The summed E-state index contributed by atoms with van der Waals surface area (Å²) in [6.07, 6.45) is 1.89. The molecule has 0 fully saturated rings. The van der Waals surface area contributed by atoms with Crippen LogP contribution in [0, 0.1) is 13.8 Å². The first-order valence-electron chi connectivity index (χ1n) is 5.97. The zero-order valence-electron chi connectivity index (χ0n) is 11.3. The molecule has 2 nitrogen and oxygen atoms in total. The SMILES string of the molecule is C=C1OCc2c(C)cnc(C)c21.CC.CC. The van der Waals surface area contributed by atoms with Gasteiger partial charge in [-0.25, -0.2) is 0 Å². The van der Waals surface area contributed by atoms with Gasteiger partial charge in [-0.1, -0.05) is 34.3 Å². The zero-order chi connectivity index (χ0) is 12.7. The summed E-state index contributed by atoms with van der Waals surface area (Å²) in [4.78, 5) is 4.26. The van der Waals surface area contributed by atoms with E-state index in [0.717, 1.165) is 17.0 Å². The predicted molar refractivity (Wildman–Crippen MR) is 70.2 cm³/mol. The van der Waals surface area contributed by atoms with E-state index in [1.54, 1.807) is 0 Å². The number of fused-ring (bicyclic) bond motifs is 1. The fourth-order valence-corrected chi connectivity index (χ4v) is 1.54. The van der Waals surface area contributed by atoms with Crippen molar-refractivity contribution in [2.75, 3.05) is 0 Å². The summed E-state index contributed by atoms with van der Waals surface area (Å²) in [5, 5.41) is 0. The molecule has 0 aromatic carbocycles. The average molecular weight is 221 g/mol. The Hall–Kier alpha value is -1.31. The van der Waals surface area contributed by atoms with Crippen LogP contribution in [-0.4, -0.2) is 4.98 Å². The average Bonchev–Trinajstić information content (AvgIpc) is 2.73. The summed E-state index contributed by atoms with van der Waals surface area (Å²) in [7, 11) is 0. The number of nitrogens with zero attached hydrogens (tertiary/aromatic N) is 1. The van der Waals surface area contributed by atoms with E-state index in [0.29, 0.717) is 6.61 Å². The summed E-state index contributed by atoms with van der Waals surface area (Å²) in [5.41, 5.74) is 4.55. The molecule has 0 saturated carbocycles. The minimum Gasteiger partial charge on any atom is -0.489 e.